The van der Waals surface area contributed by atoms with Crippen LogP contribution in [0.4, 0.5) is 0 Å². The number of aliphatic hydroxyl groups excluding tert-OH is 5. The summed E-state index contributed by atoms with van der Waals surface area (Å²) in [5, 5.41) is 44.5. The van der Waals surface area contributed by atoms with Gasteiger partial charge in [0.1, 0.15) is 18.3 Å². The molecule has 0 aliphatic rings. The van der Waals surface area contributed by atoms with Crippen LogP contribution in [0.15, 0.2) is 4.36 Å². The lowest BCUT2D eigenvalue weighted by Crippen LogP contribution is -2.48. The molecule has 94 valence electrons. The first-order chi connectivity index (χ1) is 7.31. The molecule has 0 saturated carbocycles. The summed E-state index contributed by atoms with van der Waals surface area (Å²) in [7, 11) is -3.10. The second-order valence-corrected chi connectivity index (χ2v) is 3.44. The molecule has 0 aliphatic heterocycles. The van der Waals surface area contributed by atoms with E-state index in [1.165, 1.54) is 0 Å². The van der Waals surface area contributed by atoms with E-state index in [0.29, 0.717) is 0 Å². The van der Waals surface area contributed by atoms with Crippen molar-refractivity contribution in [2.24, 2.45) is 4.36 Å². The second-order valence-electron chi connectivity index (χ2n) is 2.82. The van der Waals surface area contributed by atoms with Crippen LogP contribution in [0, 0.1) is 0 Å². The third kappa shape index (κ3) is 4.30. The van der Waals surface area contributed by atoms with Gasteiger partial charge < -0.3 is 25.5 Å². The number of aliphatic hydroxyl groups is 5. The molecule has 10 heteroatoms. The molecule has 0 spiro atoms. The van der Waals surface area contributed by atoms with E-state index in [-0.39, 0.29) is 0 Å². The van der Waals surface area contributed by atoms with Crippen molar-refractivity contribution in [3.05, 3.63) is 0 Å². The van der Waals surface area contributed by atoms with Gasteiger partial charge in [-0.15, -0.1) is 0 Å². The first kappa shape index (κ1) is 15.1. The van der Waals surface area contributed by atoms with Gasteiger partial charge in [0.25, 0.3) is 5.91 Å². The predicted molar refractivity (Wildman–Crippen MR) is 47.5 cm³/mol. The van der Waals surface area contributed by atoms with Gasteiger partial charge in [-0.3, -0.25) is 4.79 Å². The lowest BCUT2D eigenvalue weighted by molar-refractivity contribution is -0.145. The Morgan fingerprint density at radius 1 is 1.12 bits per heavy atom. The van der Waals surface area contributed by atoms with Gasteiger partial charge in [-0.2, -0.15) is 8.42 Å². The monoisotopic (exact) mass is 257 g/mol. The molecular weight excluding hydrogens is 246 g/mol. The molecule has 9 nitrogen and oxygen atoms in total. The van der Waals surface area contributed by atoms with Gasteiger partial charge in [0.2, 0.25) is 0 Å². The highest BCUT2D eigenvalue weighted by Crippen LogP contribution is 2.06. The van der Waals surface area contributed by atoms with Gasteiger partial charge in [-0.1, -0.05) is 4.36 Å². The minimum atomic E-state index is -3.10. The molecule has 0 unspecified atom stereocenters. The Hall–Kier alpha value is -0.910. The number of hydrogen-bond donors (Lipinski definition) is 5. The first-order valence-electron chi connectivity index (χ1n) is 3.99. The Kier molecular flexibility index (Phi) is 6.25. The summed E-state index contributed by atoms with van der Waals surface area (Å²) >= 11 is 0. The van der Waals surface area contributed by atoms with E-state index in [4.69, 9.17) is 25.5 Å². The maximum Gasteiger partial charge on any atom is 0.319 e. The van der Waals surface area contributed by atoms with Gasteiger partial charge in [-0.25, -0.2) is 0 Å². The number of carbonyl (C=O) groups excluding carboxylic acids is 1. The van der Waals surface area contributed by atoms with Crippen molar-refractivity contribution in [3.8, 4) is 0 Å². The standard InChI is InChI=1S/C6H11NO8S/c8-1-2(9)3(10)4(11)5(12)6(13)7-16(14)15/h2-5,8-12H,1H2/t2-,3-,4+,5-/m1/s1. The zero-order chi connectivity index (χ0) is 12.9. The molecule has 0 aromatic heterocycles. The van der Waals surface area contributed by atoms with Crippen LogP contribution in [-0.2, 0) is 15.3 Å². The first-order valence-corrected chi connectivity index (χ1v) is 5.02. The SMILES string of the molecule is O=C(N=S(=O)=O)[C@H](O)[C@@H](O)[C@H](O)[C@H](O)CO. The van der Waals surface area contributed by atoms with Gasteiger partial charge in [-0.05, 0) is 0 Å². The number of nitrogens with zero attached hydrogens (tertiary/aromatic N) is 1. The van der Waals surface area contributed by atoms with Crippen molar-refractivity contribution in [2.75, 3.05) is 6.61 Å². The third-order valence-electron chi connectivity index (χ3n) is 1.67. The average Bonchev–Trinajstić information content (AvgIpc) is 2.23. The molecule has 0 aliphatic carbocycles. The summed E-state index contributed by atoms with van der Waals surface area (Å²) in [6.45, 7) is -0.913. The van der Waals surface area contributed by atoms with Gasteiger partial charge in [0.05, 0.1) is 6.61 Å². The van der Waals surface area contributed by atoms with Gasteiger partial charge in [0, 0.05) is 0 Å². The van der Waals surface area contributed by atoms with Crippen LogP contribution in [0.3, 0.4) is 0 Å². The largest absolute Gasteiger partial charge is 0.394 e. The van der Waals surface area contributed by atoms with Crippen molar-refractivity contribution in [3.63, 3.8) is 0 Å². The number of carbonyl (C=O) groups is 1. The van der Waals surface area contributed by atoms with E-state index in [9.17, 15) is 13.2 Å². The molecular formula is C6H11NO8S. The van der Waals surface area contributed by atoms with Crippen LogP contribution < -0.4 is 0 Å². The molecule has 0 rings (SSSR count). The van der Waals surface area contributed by atoms with Crippen molar-refractivity contribution in [2.45, 2.75) is 24.4 Å². The number of hydrogen-bond acceptors (Lipinski definition) is 8. The Morgan fingerprint density at radius 2 is 1.62 bits per heavy atom. The van der Waals surface area contributed by atoms with Crippen molar-refractivity contribution in [1.29, 1.82) is 0 Å². The molecule has 0 bridgehead atoms. The molecule has 5 N–H and O–H groups in total. The highest BCUT2D eigenvalue weighted by atomic mass is 32.2. The molecule has 0 saturated heterocycles. The lowest BCUT2D eigenvalue weighted by atomic mass is 10.0. The van der Waals surface area contributed by atoms with Crippen LogP contribution in [-0.4, -0.2) is 70.9 Å². The summed E-state index contributed by atoms with van der Waals surface area (Å²) < 4.78 is 22.3. The van der Waals surface area contributed by atoms with Crippen LogP contribution >= 0.6 is 0 Å². The molecule has 16 heavy (non-hydrogen) atoms. The second kappa shape index (κ2) is 6.62. The fourth-order valence-electron chi connectivity index (χ4n) is 0.796. The summed E-state index contributed by atoms with van der Waals surface area (Å²) in [4.78, 5) is 10.8. The van der Waals surface area contributed by atoms with E-state index in [2.05, 4.69) is 4.36 Å². The van der Waals surface area contributed by atoms with E-state index < -0.39 is 47.4 Å². The Morgan fingerprint density at radius 3 is 2.00 bits per heavy atom. The molecule has 0 radical (unpaired) electrons. The zero-order valence-electron chi connectivity index (χ0n) is 7.83. The number of rotatable bonds is 5. The van der Waals surface area contributed by atoms with E-state index in [1.54, 1.807) is 0 Å². The minimum Gasteiger partial charge on any atom is -0.394 e. The van der Waals surface area contributed by atoms with Crippen molar-refractivity contribution >= 4 is 16.4 Å². The topological polar surface area (TPSA) is 165 Å². The Bertz CT molecular complexity index is 357. The van der Waals surface area contributed by atoms with Crippen LogP contribution in [0.1, 0.15) is 0 Å². The maximum absolute atomic E-state index is 10.8. The smallest absolute Gasteiger partial charge is 0.319 e. The summed E-state index contributed by atoms with van der Waals surface area (Å²) in [5.74, 6) is -1.59. The fourth-order valence-corrected chi connectivity index (χ4v) is 1.05. The van der Waals surface area contributed by atoms with Crippen molar-refractivity contribution in [1.82, 2.24) is 0 Å². The zero-order valence-corrected chi connectivity index (χ0v) is 8.65. The summed E-state index contributed by atoms with van der Waals surface area (Å²) in [5.41, 5.74) is 0. The summed E-state index contributed by atoms with van der Waals surface area (Å²) in [6.07, 6.45) is -8.27. The normalized spacial score (nSPS) is 18.3. The highest BCUT2D eigenvalue weighted by Gasteiger charge is 2.34. The molecule has 1 amide bonds. The summed E-state index contributed by atoms with van der Waals surface area (Å²) in [6, 6.07) is 0. The van der Waals surface area contributed by atoms with E-state index in [0.717, 1.165) is 0 Å². The Labute approximate surface area is 91.3 Å². The molecule has 0 aromatic rings. The van der Waals surface area contributed by atoms with Gasteiger partial charge in [0.15, 0.2) is 6.10 Å². The molecule has 4 atom stereocenters. The van der Waals surface area contributed by atoms with Crippen molar-refractivity contribution < 1.29 is 38.7 Å². The molecule has 0 fully saturated rings. The average molecular weight is 257 g/mol. The highest BCUT2D eigenvalue weighted by molar-refractivity contribution is 7.62. The lowest BCUT2D eigenvalue weighted by Gasteiger charge is -2.23. The van der Waals surface area contributed by atoms with Gasteiger partial charge >= 0.3 is 10.5 Å². The molecule has 0 aromatic carbocycles. The number of amides is 1. The van der Waals surface area contributed by atoms with E-state index in [1.807, 2.05) is 0 Å². The fraction of sp³-hybridized carbons (Fsp3) is 0.833. The minimum absolute atomic E-state index is 0.913. The van der Waals surface area contributed by atoms with Crippen LogP contribution in [0.25, 0.3) is 0 Å². The third-order valence-corrected chi connectivity index (χ3v) is 2.00. The quantitative estimate of drug-likeness (QED) is 0.332. The van der Waals surface area contributed by atoms with Crippen LogP contribution in [0.5, 0.6) is 0 Å². The maximum atomic E-state index is 10.8. The van der Waals surface area contributed by atoms with Crippen LogP contribution in [0.2, 0.25) is 0 Å². The Balaban J connectivity index is 4.67. The van der Waals surface area contributed by atoms with E-state index >= 15 is 0 Å². The molecule has 0 heterocycles. The predicted octanol–water partition coefficient (Wildman–Crippen LogP) is -3.99.